The molecule has 4 heterocycles. The molecule has 2 saturated heterocycles. The number of aliphatic hydroxyl groups excluding tert-OH is 1. The molecule has 0 aliphatic carbocycles. The van der Waals surface area contributed by atoms with Gasteiger partial charge in [-0.2, -0.15) is 9.97 Å². The van der Waals surface area contributed by atoms with Crippen molar-refractivity contribution in [3.8, 4) is 17.0 Å². The average Bonchev–Trinajstić information content (AvgIpc) is 3.42. The van der Waals surface area contributed by atoms with Gasteiger partial charge in [0, 0.05) is 31.3 Å². The lowest BCUT2D eigenvalue weighted by Gasteiger charge is -2.35. The first-order valence-electron chi connectivity index (χ1n) is 11.7. The molecular weight excluding hydrogens is 434 g/mol. The third kappa shape index (κ3) is 4.26. The van der Waals surface area contributed by atoms with E-state index in [1.807, 2.05) is 37.4 Å². The summed E-state index contributed by atoms with van der Waals surface area (Å²) < 4.78 is 16.6. The summed E-state index contributed by atoms with van der Waals surface area (Å²) in [6.07, 6.45) is 0.949. The second-order valence-corrected chi connectivity index (χ2v) is 8.85. The van der Waals surface area contributed by atoms with Crippen molar-refractivity contribution in [2.45, 2.75) is 32.0 Å². The number of ether oxygens (including phenoxy) is 3. The van der Waals surface area contributed by atoms with Crippen molar-refractivity contribution >= 4 is 22.8 Å². The Balaban J connectivity index is 1.62. The lowest BCUT2D eigenvalue weighted by molar-refractivity contribution is 0.0987. The number of rotatable bonds is 6. The third-order valence-electron chi connectivity index (χ3n) is 6.68. The topological polar surface area (TPSA) is 93.1 Å². The molecule has 2 aromatic heterocycles. The van der Waals surface area contributed by atoms with Crippen LogP contribution in [-0.2, 0) is 16.1 Å². The number of hydrogen-bond donors (Lipinski definition) is 1. The summed E-state index contributed by atoms with van der Waals surface area (Å²) in [7, 11) is 3.62. The molecule has 1 aromatic carbocycles. The lowest BCUT2D eigenvalue weighted by atomic mass is 10.1. The van der Waals surface area contributed by atoms with Crippen molar-refractivity contribution in [2.75, 3.05) is 56.9 Å². The molecule has 34 heavy (non-hydrogen) atoms. The molecule has 5 rings (SSSR count). The quantitative estimate of drug-likeness (QED) is 0.590. The fourth-order valence-electron chi connectivity index (χ4n) is 4.61. The van der Waals surface area contributed by atoms with Crippen molar-refractivity contribution in [1.82, 2.24) is 15.0 Å². The van der Waals surface area contributed by atoms with Gasteiger partial charge in [0.05, 0.1) is 56.7 Å². The Morgan fingerprint density at radius 2 is 1.97 bits per heavy atom. The Hall–Kier alpha value is -3.01. The van der Waals surface area contributed by atoms with Crippen molar-refractivity contribution in [2.24, 2.45) is 0 Å². The molecule has 3 aromatic rings. The summed E-state index contributed by atoms with van der Waals surface area (Å²) in [4.78, 5) is 19.2. The standard InChI is InChI=1S/C25H31N5O4/c1-16-14-34-11-9-30(16)24-20-5-6-21(17-4-7-22(32-3)18(12-17)13-31)26-23(20)27-25(28-24)29(2)19-8-10-33-15-19/h4-7,12,16,19,31H,8-11,13-15H2,1-3H3/t16?,19-/m1/s1. The largest absolute Gasteiger partial charge is 0.496 e. The number of aromatic nitrogens is 3. The van der Waals surface area contributed by atoms with E-state index in [1.165, 1.54) is 0 Å². The highest BCUT2D eigenvalue weighted by Gasteiger charge is 2.27. The number of methoxy groups -OCH3 is 1. The van der Waals surface area contributed by atoms with Crippen molar-refractivity contribution in [3.05, 3.63) is 35.9 Å². The summed E-state index contributed by atoms with van der Waals surface area (Å²) in [5.41, 5.74) is 3.03. The van der Waals surface area contributed by atoms with Crippen LogP contribution in [0.4, 0.5) is 11.8 Å². The van der Waals surface area contributed by atoms with Crippen LogP contribution in [0.25, 0.3) is 22.3 Å². The Bertz CT molecular complexity index is 1170. The first-order valence-corrected chi connectivity index (χ1v) is 11.7. The minimum absolute atomic E-state index is 0.107. The van der Waals surface area contributed by atoms with Gasteiger partial charge in [0.2, 0.25) is 5.95 Å². The van der Waals surface area contributed by atoms with E-state index in [0.717, 1.165) is 42.0 Å². The molecule has 2 aliphatic heterocycles. The Labute approximate surface area is 199 Å². The summed E-state index contributed by atoms with van der Waals surface area (Å²) in [6.45, 7) is 5.56. The van der Waals surface area contributed by atoms with E-state index in [1.54, 1.807) is 7.11 Å². The first-order chi connectivity index (χ1) is 16.6. The number of aliphatic hydroxyl groups is 1. The zero-order chi connectivity index (χ0) is 23.7. The van der Waals surface area contributed by atoms with E-state index in [4.69, 9.17) is 29.2 Å². The minimum atomic E-state index is -0.107. The number of benzene rings is 1. The average molecular weight is 466 g/mol. The molecule has 0 bridgehead atoms. The monoisotopic (exact) mass is 465 g/mol. The normalized spacial score (nSPS) is 20.6. The predicted molar refractivity (Wildman–Crippen MR) is 130 cm³/mol. The van der Waals surface area contributed by atoms with Crippen LogP contribution < -0.4 is 14.5 Å². The van der Waals surface area contributed by atoms with Gasteiger partial charge in [-0.25, -0.2) is 4.98 Å². The van der Waals surface area contributed by atoms with Gasteiger partial charge < -0.3 is 29.1 Å². The van der Waals surface area contributed by atoms with Crippen molar-refractivity contribution in [3.63, 3.8) is 0 Å². The predicted octanol–water partition coefficient (Wildman–Crippen LogP) is 2.64. The number of pyridine rings is 1. The molecule has 1 unspecified atom stereocenters. The van der Waals surface area contributed by atoms with Crippen LogP contribution >= 0.6 is 0 Å². The zero-order valence-corrected chi connectivity index (χ0v) is 19.9. The maximum Gasteiger partial charge on any atom is 0.229 e. The summed E-state index contributed by atoms with van der Waals surface area (Å²) >= 11 is 0. The van der Waals surface area contributed by atoms with Gasteiger partial charge in [0.25, 0.3) is 0 Å². The number of hydrogen-bond acceptors (Lipinski definition) is 9. The van der Waals surface area contributed by atoms with Crippen LogP contribution in [0, 0.1) is 0 Å². The van der Waals surface area contributed by atoms with Crippen LogP contribution in [-0.4, -0.2) is 79.3 Å². The zero-order valence-electron chi connectivity index (χ0n) is 19.9. The molecule has 2 fully saturated rings. The Kier molecular flexibility index (Phi) is 6.49. The minimum Gasteiger partial charge on any atom is -0.496 e. The van der Waals surface area contributed by atoms with E-state index < -0.39 is 0 Å². The second kappa shape index (κ2) is 9.69. The maximum absolute atomic E-state index is 9.75. The Morgan fingerprint density at radius 3 is 2.71 bits per heavy atom. The SMILES string of the molecule is COc1ccc(-c2ccc3c(N4CCOCC4C)nc(N(C)[C@@H]4CCOC4)nc3n2)cc1CO. The highest BCUT2D eigenvalue weighted by Crippen LogP contribution is 2.32. The van der Waals surface area contributed by atoms with Crippen LogP contribution in [0.2, 0.25) is 0 Å². The lowest BCUT2D eigenvalue weighted by Crippen LogP contribution is -2.44. The van der Waals surface area contributed by atoms with Gasteiger partial charge in [-0.3, -0.25) is 0 Å². The van der Waals surface area contributed by atoms with Crippen molar-refractivity contribution < 1.29 is 19.3 Å². The molecule has 2 aliphatic rings. The van der Waals surface area contributed by atoms with E-state index in [9.17, 15) is 5.11 Å². The van der Waals surface area contributed by atoms with E-state index in [2.05, 4.69) is 16.7 Å². The second-order valence-electron chi connectivity index (χ2n) is 8.85. The molecule has 9 heteroatoms. The molecule has 0 radical (unpaired) electrons. The van der Waals surface area contributed by atoms with Crippen LogP contribution in [0.1, 0.15) is 18.9 Å². The van der Waals surface area contributed by atoms with Gasteiger partial charge in [0.1, 0.15) is 11.6 Å². The molecule has 2 atom stereocenters. The molecule has 0 saturated carbocycles. The van der Waals surface area contributed by atoms with Gasteiger partial charge in [-0.05, 0) is 43.7 Å². The number of morpholine rings is 1. The molecule has 0 amide bonds. The highest BCUT2D eigenvalue weighted by atomic mass is 16.5. The third-order valence-corrected chi connectivity index (χ3v) is 6.68. The number of likely N-dealkylation sites (N-methyl/N-ethyl adjacent to an activating group) is 1. The van der Waals surface area contributed by atoms with Crippen LogP contribution in [0.3, 0.4) is 0 Å². The Morgan fingerprint density at radius 1 is 1.12 bits per heavy atom. The van der Waals surface area contributed by atoms with Gasteiger partial charge >= 0.3 is 0 Å². The highest BCUT2D eigenvalue weighted by molar-refractivity contribution is 5.90. The van der Waals surface area contributed by atoms with Crippen molar-refractivity contribution in [1.29, 1.82) is 0 Å². The fraction of sp³-hybridized carbons (Fsp3) is 0.480. The molecule has 9 nitrogen and oxygen atoms in total. The molecule has 180 valence electrons. The number of nitrogens with zero attached hydrogens (tertiary/aromatic N) is 5. The van der Waals surface area contributed by atoms with Gasteiger partial charge in [0.15, 0.2) is 5.65 Å². The first kappa shape index (κ1) is 22.8. The molecular formula is C25H31N5O4. The summed E-state index contributed by atoms with van der Waals surface area (Å²) in [5, 5.41) is 10.7. The molecule has 1 N–H and O–H groups in total. The van der Waals surface area contributed by atoms with E-state index in [-0.39, 0.29) is 18.7 Å². The van der Waals surface area contributed by atoms with Crippen LogP contribution in [0.15, 0.2) is 30.3 Å². The number of anilines is 2. The van der Waals surface area contributed by atoms with E-state index in [0.29, 0.717) is 42.7 Å². The van der Waals surface area contributed by atoms with Crippen LogP contribution in [0.5, 0.6) is 5.75 Å². The van der Waals surface area contributed by atoms with Gasteiger partial charge in [-0.15, -0.1) is 0 Å². The van der Waals surface area contributed by atoms with Gasteiger partial charge in [-0.1, -0.05) is 0 Å². The van der Waals surface area contributed by atoms with E-state index >= 15 is 0 Å². The fourth-order valence-corrected chi connectivity index (χ4v) is 4.61. The number of fused-ring (bicyclic) bond motifs is 1. The smallest absolute Gasteiger partial charge is 0.229 e. The maximum atomic E-state index is 9.75. The molecule has 0 spiro atoms. The summed E-state index contributed by atoms with van der Waals surface area (Å²) in [5.74, 6) is 2.18. The summed E-state index contributed by atoms with van der Waals surface area (Å²) in [6, 6.07) is 10.2.